The molecule has 5 rings (SSSR count). The summed E-state index contributed by atoms with van der Waals surface area (Å²) in [6.45, 7) is 7.21. The van der Waals surface area contributed by atoms with Gasteiger partial charge in [0.15, 0.2) is 17.5 Å². The van der Waals surface area contributed by atoms with Crippen molar-refractivity contribution in [3.8, 4) is 0 Å². The molecule has 2 fully saturated rings. The second-order valence-corrected chi connectivity index (χ2v) is 11.2. The maximum atomic E-state index is 14.1. The lowest BCUT2D eigenvalue weighted by atomic mass is 9.63. The molecule has 2 saturated carbocycles. The number of fused-ring (bicyclic) bond motifs is 3. The van der Waals surface area contributed by atoms with E-state index in [-0.39, 0.29) is 33.9 Å². The number of aliphatic hydroxyl groups excluding tert-OH is 2. The Labute approximate surface area is 199 Å². The van der Waals surface area contributed by atoms with Gasteiger partial charge in [-0.25, -0.2) is 4.79 Å². The van der Waals surface area contributed by atoms with Gasteiger partial charge in [-0.3, -0.25) is 4.79 Å². The maximum Gasteiger partial charge on any atom is 0.341 e. The van der Waals surface area contributed by atoms with Gasteiger partial charge in [0, 0.05) is 11.6 Å². The van der Waals surface area contributed by atoms with Crippen LogP contribution in [0.3, 0.4) is 0 Å². The van der Waals surface area contributed by atoms with E-state index in [1.807, 2.05) is 0 Å². The highest BCUT2D eigenvalue weighted by molar-refractivity contribution is 5.98. The molecule has 7 nitrogen and oxygen atoms in total. The Bertz CT molecular complexity index is 1130. The Morgan fingerprint density at radius 3 is 2.62 bits per heavy atom. The number of anilines is 1. The molecular formula is C27H33NO6. The minimum Gasteiger partial charge on any atom is -0.451 e. The van der Waals surface area contributed by atoms with Gasteiger partial charge in [0.2, 0.25) is 0 Å². The van der Waals surface area contributed by atoms with Gasteiger partial charge in [0.05, 0.1) is 17.6 Å². The molecule has 182 valence electrons. The Balaban J connectivity index is 1.61. The Morgan fingerprint density at radius 2 is 1.97 bits per heavy atom. The number of ether oxygens (including phenoxy) is 1. The lowest BCUT2D eigenvalue weighted by molar-refractivity contribution is -0.182. The average molecular weight is 468 g/mol. The third-order valence-corrected chi connectivity index (χ3v) is 9.20. The number of ketones is 1. The SMILES string of the molecule is CC1=C[C@@]23CC[C@@H]4[C@H]([C@H](C=C(CO)[C@@H](O)C2(O)[C@H]1OC(=O)c1c(C)cccc1N)C3=O)C4(C)C. The van der Waals surface area contributed by atoms with Gasteiger partial charge >= 0.3 is 5.97 Å². The number of hydrogen-bond acceptors (Lipinski definition) is 7. The molecule has 7 atom stereocenters. The van der Waals surface area contributed by atoms with Crippen LogP contribution in [0.25, 0.3) is 0 Å². The number of nitrogens with two attached hydrogens (primary N) is 1. The van der Waals surface area contributed by atoms with Crippen molar-refractivity contribution in [3.63, 3.8) is 0 Å². The van der Waals surface area contributed by atoms with E-state index in [2.05, 4.69) is 13.8 Å². The van der Waals surface area contributed by atoms with Crippen LogP contribution in [0.5, 0.6) is 0 Å². The number of rotatable bonds is 3. The van der Waals surface area contributed by atoms with Crippen LogP contribution in [0.2, 0.25) is 0 Å². The van der Waals surface area contributed by atoms with Gasteiger partial charge in [-0.1, -0.05) is 38.1 Å². The van der Waals surface area contributed by atoms with E-state index < -0.39 is 41.7 Å². The monoisotopic (exact) mass is 467 g/mol. The predicted molar refractivity (Wildman–Crippen MR) is 126 cm³/mol. The van der Waals surface area contributed by atoms with E-state index in [4.69, 9.17) is 10.5 Å². The second kappa shape index (κ2) is 7.26. The number of nitrogen functional groups attached to an aromatic ring is 1. The fourth-order valence-corrected chi connectivity index (χ4v) is 7.35. The molecule has 4 aliphatic carbocycles. The molecule has 0 amide bonds. The number of allylic oxidation sites excluding steroid dienone is 1. The van der Waals surface area contributed by atoms with Crippen LogP contribution in [0, 0.1) is 35.5 Å². The number of carbonyl (C=O) groups excluding carboxylic acids is 2. The van der Waals surface area contributed by atoms with E-state index in [1.165, 1.54) is 0 Å². The summed E-state index contributed by atoms with van der Waals surface area (Å²) in [4.78, 5) is 27.4. The van der Waals surface area contributed by atoms with Crippen LogP contribution in [0.15, 0.2) is 41.5 Å². The van der Waals surface area contributed by atoms with Crippen LogP contribution in [0.4, 0.5) is 5.69 Å². The summed E-state index contributed by atoms with van der Waals surface area (Å²) >= 11 is 0. The van der Waals surface area contributed by atoms with Gasteiger partial charge in [0.25, 0.3) is 0 Å². The molecule has 4 aliphatic rings. The first kappa shape index (κ1) is 23.3. The van der Waals surface area contributed by atoms with Crippen LogP contribution < -0.4 is 5.73 Å². The van der Waals surface area contributed by atoms with Gasteiger partial charge in [0.1, 0.15) is 6.10 Å². The number of esters is 1. The molecule has 0 aliphatic heterocycles. The van der Waals surface area contributed by atoms with E-state index >= 15 is 0 Å². The number of aryl methyl sites for hydroxylation is 1. The van der Waals surface area contributed by atoms with Crippen molar-refractivity contribution in [2.45, 2.75) is 58.3 Å². The summed E-state index contributed by atoms with van der Waals surface area (Å²) < 4.78 is 5.86. The highest BCUT2D eigenvalue weighted by Crippen LogP contribution is 2.70. The summed E-state index contributed by atoms with van der Waals surface area (Å²) in [5.41, 5.74) is 4.20. The van der Waals surface area contributed by atoms with Crippen molar-refractivity contribution in [1.82, 2.24) is 0 Å². The average Bonchev–Trinajstić information content (AvgIpc) is 3.30. The Hall–Kier alpha value is -2.48. The van der Waals surface area contributed by atoms with Crippen molar-refractivity contribution in [2.24, 2.45) is 28.6 Å². The maximum absolute atomic E-state index is 14.1. The Morgan fingerprint density at radius 1 is 1.26 bits per heavy atom. The van der Waals surface area contributed by atoms with Crippen molar-refractivity contribution in [3.05, 3.63) is 52.6 Å². The van der Waals surface area contributed by atoms with E-state index in [9.17, 15) is 24.9 Å². The number of Topliss-reactive ketones (excluding diaryl/α,β-unsaturated/α-hetero) is 1. The number of hydrogen-bond donors (Lipinski definition) is 4. The molecule has 7 heteroatoms. The highest BCUT2D eigenvalue weighted by Gasteiger charge is 2.74. The molecule has 5 N–H and O–H groups in total. The summed E-state index contributed by atoms with van der Waals surface area (Å²) in [5, 5.41) is 33.8. The fraction of sp³-hybridized carbons (Fsp3) is 0.556. The van der Waals surface area contributed by atoms with Crippen LogP contribution in [-0.4, -0.2) is 51.5 Å². The summed E-state index contributed by atoms with van der Waals surface area (Å²) in [6.07, 6.45) is 1.57. The van der Waals surface area contributed by atoms with E-state index in [1.54, 1.807) is 44.2 Å². The normalized spacial score (nSPS) is 39.7. The molecule has 0 saturated heterocycles. The molecule has 1 aromatic carbocycles. The number of aliphatic hydroxyl groups is 3. The zero-order valence-electron chi connectivity index (χ0n) is 20.0. The second-order valence-electron chi connectivity index (χ2n) is 11.2. The van der Waals surface area contributed by atoms with Crippen molar-refractivity contribution in [2.75, 3.05) is 12.3 Å². The minimum absolute atomic E-state index is 0.0298. The largest absolute Gasteiger partial charge is 0.451 e. The van der Waals surface area contributed by atoms with Gasteiger partial charge in [-0.15, -0.1) is 0 Å². The summed E-state index contributed by atoms with van der Waals surface area (Å²) in [7, 11) is 0. The zero-order chi connectivity index (χ0) is 24.8. The third-order valence-electron chi connectivity index (χ3n) is 9.20. The molecular weight excluding hydrogens is 434 g/mol. The zero-order valence-corrected chi connectivity index (χ0v) is 20.0. The molecule has 1 aromatic rings. The van der Waals surface area contributed by atoms with Crippen molar-refractivity contribution >= 4 is 17.4 Å². The molecule has 0 radical (unpaired) electrons. The molecule has 1 spiro atoms. The quantitative estimate of drug-likeness (QED) is 0.305. The first-order valence-corrected chi connectivity index (χ1v) is 11.9. The highest BCUT2D eigenvalue weighted by atomic mass is 16.6. The molecule has 34 heavy (non-hydrogen) atoms. The van der Waals surface area contributed by atoms with Crippen LogP contribution >= 0.6 is 0 Å². The lowest BCUT2D eigenvalue weighted by Crippen LogP contribution is -2.63. The summed E-state index contributed by atoms with van der Waals surface area (Å²) in [5.74, 6) is -1.05. The van der Waals surface area contributed by atoms with E-state index in [0.29, 0.717) is 29.9 Å². The molecule has 0 aromatic heterocycles. The molecule has 1 unspecified atom stereocenters. The minimum atomic E-state index is -2.13. The Kier molecular flexibility index (Phi) is 4.97. The smallest absolute Gasteiger partial charge is 0.341 e. The number of carbonyl (C=O) groups is 2. The summed E-state index contributed by atoms with van der Waals surface area (Å²) in [6, 6.07) is 5.06. The predicted octanol–water partition coefficient (Wildman–Crippen LogP) is 2.32. The standard InChI is InChI=1S/C27H33NO6/c1-13-6-5-7-18(28)19(13)24(32)34-23-14(2)11-26-9-8-17-20(25(17,3)4)16(22(26)31)10-15(12-29)21(30)27(23,26)33/h5-7,10-11,16-17,20-21,23,29-30,33H,8-9,12,28H2,1-4H3/t16-,17+,20-,21+,23-,26+,27?/m0/s1. The van der Waals surface area contributed by atoms with Crippen LogP contribution in [-0.2, 0) is 9.53 Å². The molecule has 2 bridgehead atoms. The number of benzene rings is 1. The first-order valence-electron chi connectivity index (χ1n) is 11.9. The molecule has 0 heterocycles. The van der Waals surface area contributed by atoms with E-state index in [0.717, 1.165) is 0 Å². The first-order chi connectivity index (χ1) is 15.9. The van der Waals surface area contributed by atoms with Crippen molar-refractivity contribution in [1.29, 1.82) is 0 Å². The lowest BCUT2D eigenvalue weighted by Gasteiger charge is -2.46. The van der Waals surface area contributed by atoms with Gasteiger partial charge in [-0.2, -0.15) is 0 Å². The third kappa shape index (κ3) is 2.75. The van der Waals surface area contributed by atoms with Gasteiger partial charge < -0.3 is 25.8 Å². The van der Waals surface area contributed by atoms with Crippen molar-refractivity contribution < 1.29 is 29.6 Å². The van der Waals surface area contributed by atoms with Gasteiger partial charge in [-0.05, 0) is 66.7 Å². The topological polar surface area (TPSA) is 130 Å². The fourth-order valence-electron chi connectivity index (χ4n) is 7.35. The van der Waals surface area contributed by atoms with Crippen LogP contribution in [0.1, 0.15) is 49.5 Å².